The topological polar surface area (TPSA) is 12.0 Å². The Morgan fingerprint density at radius 3 is 2.73 bits per heavy atom. The summed E-state index contributed by atoms with van der Waals surface area (Å²) in [5.41, 5.74) is 0.409. The Morgan fingerprint density at radius 2 is 2.13 bits per heavy atom. The van der Waals surface area contributed by atoms with Crippen molar-refractivity contribution in [3.05, 3.63) is 35.4 Å². The molecule has 0 bridgehead atoms. The fourth-order valence-electron chi connectivity index (χ4n) is 1.46. The summed E-state index contributed by atoms with van der Waals surface area (Å²) in [6, 6.07) is 4.18. The Balaban J connectivity index is 2.94. The summed E-state index contributed by atoms with van der Waals surface area (Å²) in [5, 5.41) is 3.14. The van der Waals surface area contributed by atoms with Gasteiger partial charge >= 0.3 is 0 Å². The van der Waals surface area contributed by atoms with Gasteiger partial charge in [0.25, 0.3) is 0 Å². The normalized spacial score (nSPS) is 12.8. The largest absolute Gasteiger partial charge is 0.309 e. The number of nitrogens with one attached hydrogen (secondary N) is 1. The van der Waals surface area contributed by atoms with Gasteiger partial charge in [-0.15, -0.1) is 0 Å². The van der Waals surface area contributed by atoms with Crippen molar-refractivity contribution in [2.45, 2.75) is 13.0 Å². The van der Waals surface area contributed by atoms with Crippen LogP contribution in [0, 0.1) is 11.6 Å². The van der Waals surface area contributed by atoms with E-state index in [1.54, 1.807) is 23.9 Å². The van der Waals surface area contributed by atoms with Gasteiger partial charge in [-0.1, -0.05) is 19.1 Å². The van der Waals surface area contributed by atoms with E-state index in [0.717, 1.165) is 18.4 Å². The second-order valence-corrected chi connectivity index (χ2v) is 4.12. The standard InChI is InChI=1S/C11H15F2NS/c1-3-14-10(7-15-2)8-5-4-6-9(12)11(8)13/h4-6,10,14H,3,7H2,1-2H3. The van der Waals surface area contributed by atoms with Gasteiger partial charge in [-0.25, -0.2) is 8.78 Å². The van der Waals surface area contributed by atoms with E-state index < -0.39 is 11.6 Å². The zero-order valence-corrected chi connectivity index (χ0v) is 9.70. The van der Waals surface area contributed by atoms with Crippen molar-refractivity contribution in [2.75, 3.05) is 18.6 Å². The smallest absolute Gasteiger partial charge is 0.163 e. The molecular weight excluding hydrogens is 216 g/mol. The van der Waals surface area contributed by atoms with Crippen molar-refractivity contribution in [1.29, 1.82) is 0 Å². The fourth-order valence-corrected chi connectivity index (χ4v) is 2.09. The zero-order valence-electron chi connectivity index (χ0n) is 8.89. The molecule has 1 aromatic carbocycles. The van der Waals surface area contributed by atoms with E-state index in [9.17, 15) is 8.78 Å². The molecular formula is C11H15F2NS. The molecule has 84 valence electrons. The molecule has 0 aliphatic carbocycles. The molecule has 0 fully saturated rings. The molecule has 1 aromatic rings. The molecule has 0 aliphatic rings. The van der Waals surface area contributed by atoms with Gasteiger partial charge in [0.2, 0.25) is 0 Å². The highest BCUT2D eigenvalue weighted by molar-refractivity contribution is 7.98. The Bertz CT molecular complexity index is 311. The van der Waals surface area contributed by atoms with Crippen molar-refractivity contribution in [3.63, 3.8) is 0 Å². The van der Waals surface area contributed by atoms with Crippen molar-refractivity contribution in [2.24, 2.45) is 0 Å². The third-order valence-corrected chi connectivity index (χ3v) is 2.81. The molecule has 1 unspecified atom stereocenters. The molecule has 0 aromatic heterocycles. The third kappa shape index (κ3) is 3.18. The minimum Gasteiger partial charge on any atom is -0.309 e. The molecule has 15 heavy (non-hydrogen) atoms. The Labute approximate surface area is 93.3 Å². The van der Waals surface area contributed by atoms with Crippen LogP contribution in [0.5, 0.6) is 0 Å². The molecule has 1 atom stereocenters. The molecule has 0 aliphatic heterocycles. The van der Waals surface area contributed by atoms with Crippen LogP contribution in [0.15, 0.2) is 18.2 Å². The van der Waals surface area contributed by atoms with Gasteiger partial charge in [0, 0.05) is 17.4 Å². The van der Waals surface area contributed by atoms with Gasteiger partial charge in [0.1, 0.15) is 0 Å². The monoisotopic (exact) mass is 231 g/mol. The Kier molecular flexibility index (Phi) is 5.05. The first-order valence-electron chi connectivity index (χ1n) is 4.87. The van der Waals surface area contributed by atoms with Gasteiger partial charge in [-0.2, -0.15) is 11.8 Å². The second kappa shape index (κ2) is 6.08. The van der Waals surface area contributed by atoms with Crippen molar-refractivity contribution in [1.82, 2.24) is 5.32 Å². The molecule has 0 heterocycles. The highest BCUT2D eigenvalue weighted by Gasteiger charge is 2.16. The first-order chi connectivity index (χ1) is 7.20. The molecule has 1 N–H and O–H groups in total. The molecule has 1 rings (SSSR count). The molecule has 4 heteroatoms. The van der Waals surface area contributed by atoms with E-state index in [1.807, 2.05) is 13.2 Å². The van der Waals surface area contributed by atoms with Gasteiger partial charge in [-0.3, -0.25) is 0 Å². The van der Waals surface area contributed by atoms with Crippen LogP contribution in [0.1, 0.15) is 18.5 Å². The number of halogens is 2. The molecule has 0 amide bonds. The lowest BCUT2D eigenvalue weighted by atomic mass is 10.1. The number of hydrogen-bond donors (Lipinski definition) is 1. The van der Waals surface area contributed by atoms with E-state index in [2.05, 4.69) is 5.32 Å². The first-order valence-corrected chi connectivity index (χ1v) is 6.26. The summed E-state index contributed by atoms with van der Waals surface area (Å²) in [7, 11) is 0. The lowest BCUT2D eigenvalue weighted by Gasteiger charge is -2.17. The van der Waals surface area contributed by atoms with E-state index in [-0.39, 0.29) is 6.04 Å². The number of rotatable bonds is 5. The summed E-state index contributed by atoms with van der Waals surface area (Å²) in [6.45, 7) is 2.69. The van der Waals surface area contributed by atoms with Crippen molar-refractivity contribution in [3.8, 4) is 0 Å². The lowest BCUT2D eigenvalue weighted by Crippen LogP contribution is -2.24. The summed E-state index contributed by atoms with van der Waals surface area (Å²) in [6.07, 6.45) is 1.95. The van der Waals surface area contributed by atoms with E-state index >= 15 is 0 Å². The molecule has 0 saturated heterocycles. The van der Waals surface area contributed by atoms with Crippen LogP contribution in [-0.4, -0.2) is 18.6 Å². The second-order valence-electron chi connectivity index (χ2n) is 3.21. The van der Waals surface area contributed by atoms with E-state index in [1.165, 1.54) is 0 Å². The van der Waals surface area contributed by atoms with Crippen LogP contribution >= 0.6 is 11.8 Å². The SMILES string of the molecule is CCNC(CSC)c1cccc(F)c1F. The fraction of sp³-hybridized carbons (Fsp3) is 0.455. The van der Waals surface area contributed by atoms with Crippen LogP contribution in [0.2, 0.25) is 0 Å². The summed E-state index contributed by atoms with van der Waals surface area (Å²) < 4.78 is 26.5. The zero-order chi connectivity index (χ0) is 11.3. The van der Waals surface area contributed by atoms with Crippen molar-refractivity contribution < 1.29 is 8.78 Å². The summed E-state index contributed by atoms with van der Waals surface area (Å²) in [4.78, 5) is 0. The lowest BCUT2D eigenvalue weighted by molar-refractivity contribution is 0.478. The summed E-state index contributed by atoms with van der Waals surface area (Å²) in [5.74, 6) is -0.789. The maximum absolute atomic E-state index is 13.5. The highest BCUT2D eigenvalue weighted by atomic mass is 32.2. The maximum Gasteiger partial charge on any atom is 0.163 e. The maximum atomic E-state index is 13.5. The van der Waals surface area contributed by atoms with Crippen LogP contribution in [0.3, 0.4) is 0 Å². The molecule has 0 spiro atoms. The van der Waals surface area contributed by atoms with E-state index in [0.29, 0.717) is 5.56 Å². The predicted octanol–water partition coefficient (Wildman–Crippen LogP) is 2.98. The Hall–Kier alpha value is -0.610. The highest BCUT2D eigenvalue weighted by Crippen LogP contribution is 2.21. The molecule has 1 nitrogen and oxygen atoms in total. The van der Waals surface area contributed by atoms with Crippen LogP contribution in [0.4, 0.5) is 8.78 Å². The quantitative estimate of drug-likeness (QED) is 0.836. The van der Waals surface area contributed by atoms with Gasteiger partial charge in [0.05, 0.1) is 0 Å². The Morgan fingerprint density at radius 1 is 1.40 bits per heavy atom. The first kappa shape index (κ1) is 12.5. The predicted molar refractivity (Wildman–Crippen MR) is 61.2 cm³/mol. The number of benzene rings is 1. The van der Waals surface area contributed by atoms with Crippen LogP contribution in [-0.2, 0) is 0 Å². The van der Waals surface area contributed by atoms with Crippen LogP contribution < -0.4 is 5.32 Å². The minimum atomic E-state index is -0.781. The molecule has 0 saturated carbocycles. The van der Waals surface area contributed by atoms with Gasteiger partial charge in [0.15, 0.2) is 11.6 Å². The average Bonchev–Trinajstić information content (AvgIpc) is 2.22. The number of hydrogen-bond acceptors (Lipinski definition) is 2. The van der Waals surface area contributed by atoms with Crippen LogP contribution in [0.25, 0.3) is 0 Å². The third-order valence-electron chi connectivity index (χ3n) is 2.14. The average molecular weight is 231 g/mol. The van der Waals surface area contributed by atoms with Gasteiger partial charge < -0.3 is 5.32 Å². The summed E-state index contributed by atoms with van der Waals surface area (Å²) >= 11 is 1.61. The van der Waals surface area contributed by atoms with Crippen molar-refractivity contribution >= 4 is 11.8 Å². The van der Waals surface area contributed by atoms with Gasteiger partial charge in [-0.05, 0) is 18.9 Å². The number of thioether (sulfide) groups is 1. The molecule has 0 radical (unpaired) electrons. The van der Waals surface area contributed by atoms with E-state index in [4.69, 9.17) is 0 Å². The minimum absolute atomic E-state index is 0.124.